The van der Waals surface area contributed by atoms with Gasteiger partial charge in [0, 0.05) is 10.6 Å². The quantitative estimate of drug-likeness (QED) is 0.119. The number of ether oxygens (including phenoxy) is 2. The van der Waals surface area contributed by atoms with Crippen molar-refractivity contribution in [2.45, 2.75) is 30.9 Å². The van der Waals surface area contributed by atoms with Gasteiger partial charge in [-0.05, 0) is 61.4 Å². The first-order valence-electron chi connectivity index (χ1n) is 11.3. The van der Waals surface area contributed by atoms with E-state index in [-0.39, 0.29) is 28.1 Å². The zero-order valence-corrected chi connectivity index (χ0v) is 22.7. The van der Waals surface area contributed by atoms with E-state index in [2.05, 4.69) is 10.2 Å². The maximum atomic E-state index is 11.6. The number of aromatic nitrogens is 3. The summed E-state index contributed by atoms with van der Waals surface area (Å²) in [6, 6.07) is 18.6. The van der Waals surface area contributed by atoms with E-state index in [9.17, 15) is 10.1 Å². The molecule has 1 aromatic heterocycles. The SMILES string of the molecule is COc1ccc(-n2c(C)nnc2S[C@H](C[N+](=O)[O-])c2cc(Cl)c(OCc3ccc(C)cc3)c(Cl)c2)cc1. The first-order chi connectivity index (χ1) is 17.7. The Hall–Kier alpha value is -3.27. The van der Waals surface area contributed by atoms with Crippen molar-refractivity contribution in [3.63, 3.8) is 0 Å². The maximum Gasteiger partial charge on any atom is 0.220 e. The maximum absolute atomic E-state index is 11.6. The minimum absolute atomic E-state index is 0.274. The highest BCUT2D eigenvalue weighted by molar-refractivity contribution is 7.99. The van der Waals surface area contributed by atoms with Crippen LogP contribution in [0.3, 0.4) is 0 Å². The van der Waals surface area contributed by atoms with Crippen molar-refractivity contribution in [1.29, 1.82) is 0 Å². The van der Waals surface area contributed by atoms with Gasteiger partial charge in [-0.2, -0.15) is 0 Å². The summed E-state index contributed by atoms with van der Waals surface area (Å²) in [6.45, 7) is 3.75. The molecule has 0 bridgehead atoms. The Kier molecular flexibility index (Phi) is 8.58. The first kappa shape index (κ1) is 26.8. The lowest BCUT2D eigenvalue weighted by molar-refractivity contribution is -0.479. The van der Waals surface area contributed by atoms with Gasteiger partial charge in [-0.1, -0.05) is 64.8 Å². The summed E-state index contributed by atoms with van der Waals surface area (Å²) in [5.74, 6) is 1.68. The third-order valence-electron chi connectivity index (χ3n) is 5.58. The molecule has 0 fully saturated rings. The largest absolute Gasteiger partial charge is 0.497 e. The standard InChI is InChI=1S/C26H24Cl2N4O4S/c1-16-4-6-18(7-5-16)15-36-25-22(27)12-19(13-23(25)28)24(14-31(33)34)37-26-30-29-17(2)32(26)20-8-10-21(35-3)11-9-20/h4-13,24H,14-15H2,1-3H3/t24-/m1/s1. The Labute approximate surface area is 228 Å². The number of hydrogen-bond acceptors (Lipinski definition) is 7. The third-order valence-corrected chi connectivity index (χ3v) is 7.33. The van der Waals surface area contributed by atoms with Crippen molar-refractivity contribution in [3.05, 3.63) is 103 Å². The van der Waals surface area contributed by atoms with E-state index in [4.69, 9.17) is 32.7 Å². The molecule has 0 spiro atoms. The van der Waals surface area contributed by atoms with E-state index >= 15 is 0 Å². The summed E-state index contributed by atoms with van der Waals surface area (Å²) >= 11 is 14.3. The van der Waals surface area contributed by atoms with Crippen molar-refractivity contribution in [2.75, 3.05) is 13.7 Å². The van der Waals surface area contributed by atoms with Gasteiger partial charge < -0.3 is 9.47 Å². The van der Waals surface area contributed by atoms with Crippen molar-refractivity contribution in [2.24, 2.45) is 0 Å². The predicted octanol–water partition coefficient (Wildman–Crippen LogP) is 6.89. The van der Waals surface area contributed by atoms with Crippen LogP contribution in [0, 0.1) is 24.0 Å². The van der Waals surface area contributed by atoms with Gasteiger partial charge >= 0.3 is 0 Å². The molecule has 0 amide bonds. The molecule has 1 heterocycles. The fourth-order valence-corrected chi connectivity index (χ4v) is 5.43. The van der Waals surface area contributed by atoms with Gasteiger partial charge in [-0.15, -0.1) is 10.2 Å². The molecule has 4 aromatic rings. The van der Waals surface area contributed by atoms with Crippen LogP contribution < -0.4 is 9.47 Å². The number of thioether (sulfide) groups is 1. The molecule has 0 aliphatic carbocycles. The van der Waals surface area contributed by atoms with Crippen molar-refractivity contribution in [1.82, 2.24) is 14.8 Å². The minimum Gasteiger partial charge on any atom is -0.497 e. The van der Waals surface area contributed by atoms with Crippen LogP contribution in [0.1, 0.15) is 27.8 Å². The summed E-state index contributed by atoms with van der Waals surface area (Å²) in [5, 5.41) is 20.4. The zero-order valence-electron chi connectivity index (χ0n) is 20.4. The molecular weight excluding hydrogens is 535 g/mol. The van der Waals surface area contributed by atoms with Crippen LogP contribution >= 0.6 is 35.0 Å². The van der Waals surface area contributed by atoms with Gasteiger partial charge in [-0.3, -0.25) is 14.7 Å². The monoisotopic (exact) mass is 558 g/mol. The number of nitro groups is 1. The average Bonchev–Trinajstić information content (AvgIpc) is 3.23. The third kappa shape index (κ3) is 6.54. The van der Waals surface area contributed by atoms with Crippen LogP contribution in [-0.4, -0.2) is 33.3 Å². The van der Waals surface area contributed by atoms with E-state index in [1.54, 1.807) is 19.2 Å². The molecule has 1 atom stereocenters. The number of nitrogens with zero attached hydrogens (tertiary/aromatic N) is 4. The van der Waals surface area contributed by atoms with E-state index in [0.717, 1.165) is 16.8 Å². The highest BCUT2D eigenvalue weighted by atomic mass is 35.5. The molecule has 0 radical (unpaired) electrons. The summed E-state index contributed by atoms with van der Waals surface area (Å²) in [5.41, 5.74) is 3.51. The lowest BCUT2D eigenvalue weighted by Crippen LogP contribution is -2.11. The Bertz CT molecular complexity index is 1370. The second-order valence-corrected chi connectivity index (χ2v) is 10.3. The van der Waals surface area contributed by atoms with Crippen molar-refractivity contribution >= 4 is 35.0 Å². The van der Waals surface area contributed by atoms with Crippen LogP contribution in [0.4, 0.5) is 0 Å². The molecule has 8 nitrogen and oxygen atoms in total. The lowest BCUT2D eigenvalue weighted by atomic mass is 10.1. The van der Waals surface area contributed by atoms with Gasteiger partial charge in [0.05, 0.1) is 17.2 Å². The molecule has 0 unspecified atom stereocenters. The summed E-state index contributed by atoms with van der Waals surface area (Å²) in [6.07, 6.45) is 0. The van der Waals surface area contributed by atoms with E-state index < -0.39 is 5.25 Å². The van der Waals surface area contributed by atoms with Crippen LogP contribution in [0.5, 0.6) is 11.5 Å². The van der Waals surface area contributed by atoms with E-state index in [1.165, 1.54) is 11.8 Å². The number of hydrogen-bond donors (Lipinski definition) is 0. The molecule has 0 N–H and O–H groups in total. The summed E-state index contributed by atoms with van der Waals surface area (Å²) in [4.78, 5) is 11.2. The molecule has 0 aliphatic rings. The second kappa shape index (κ2) is 11.9. The van der Waals surface area contributed by atoms with Crippen LogP contribution in [0.15, 0.2) is 65.8 Å². The van der Waals surface area contributed by atoms with Crippen molar-refractivity contribution < 1.29 is 14.4 Å². The van der Waals surface area contributed by atoms with Gasteiger partial charge in [-0.25, -0.2) is 0 Å². The fourth-order valence-electron chi connectivity index (χ4n) is 3.66. The molecule has 0 saturated heterocycles. The minimum atomic E-state index is -0.628. The molecule has 192 valence electrons. The molecule has 11 heteroatoms. The zero-order chi connectivity index (χ0) is 26.5. The predicted molar refractivity (Wildman–Crippen MR) is 145 cm³/mol. The normalized spacial score (nSPS) is 11.8. The Morgan fingerprint density at radius 1 is 1.03 bits per heavy atom. The van der Waals surface area contributed by atoms with Gasteiger partial charge in [0.1, 0.15) is 23.4 Å². The number of methoxy groups -OCH3 is 1. The van der Waals surface area contributed by atoms with Crippen molar-refractivity contribution in [3.8, 4) is 17.2 Å². The number of halogens is 2. The first-order valence-corrected chi connectivity index (χ1v) is 12.9. The molecular formula is C26H24Cl2N4O4S. The number of benzene rings is 3. The van der Waals surface area contributed by atoms with Gasteiger partial charge in [0.15, 0.2) is 10.9 Å². The highest BCUT2D eigenvalue weighted by Crippen LogP contribution is 2.42. The Morgan fingerprint density at radius 3 is 2.27 bits per heavy atom. The number of rotatable bonds is 10. The summed E-state index contributed by atoms with van der Waals surface area (Å²) < 4.78 is 13.0. The number of aryl methyl sites for hydroxylation is 2. The van der Waals surface area contributed by atoms with Gasteiger partial charge in [0.25, 0.3) is 0 Å². The molecule has 4 rings (SSSR count). The second-order valence-electron chi connectivity index (χ2n) is 8.27. The smallest absolute Gasteiger partial charge is 0.220 e. The van der Waals surface area contributed by atoms with Gasteiger partial charge in [0.2, 0.25) is 6.54 Å². The van der Waals surface area contributed by atoms with E-state index in [1.807, 2.05) is 66.9 Å². The fraction of sp³-hybridized carbons (Fsp3) is 0.231. The lowest BCUT2D eigenvalue weighted by Gasteiger charge is -2.17. The Morgan fingerprint density at radius 2 is 1.68 bits per heavy atom. The average molecular weight is 559 g/mol. The van der Waals surface area contributed by atoms with Crippen LogP contribution in [0.2, 0.25) is 10.0 Å². The molecule has 0 aliphatic heterocycles. The Balaban J connectivity index is 1.60. The van der Waals surface area contributed by atoms with E-state index in [0.29, 0.717) is 28.0 Å². The topological polar surface area (TPSA) is 92.3 Å². The molecule has 37 heavy (non-hydrogen) atoms. The van der Waals surface area contributed by atoms with Crippen LogP contribution in [-0.2, 0) is 6.61 Å². The summed E-state index contributed by atoms with van der Waals surface area (Å²) in [7, 11) is 1.59. The highest BCUT2D eigenvalue weighted by Gasteiger charge is 2.26. The molecule has 0 saturated carbocycles. The van der Waals surface area contributed by atoms with Crippen LogP contribution in [0.25, 0.3) is 5.69 Å². The molecule has 3 aromatic carbocycles.